The molecule has 0 spiro atoms. The lowest BCUT2D eigenvalue weighted by Gasteiger charge is -2.17. The summed E-state index contributed by atoms with van der Waals surface area (Å²) in [7, 11) is 3.23. The monoisotopic (exact) mass is 466 g/mol. The van der Waals surface area contributed by atoms with Crippen LogP contribution in [0.1, 0.15) is 41.6 Å². The second-order valence-corrected chi connectivity index (χ2v) is 7.96. The van der Waals surface area contributed by atoms with Crippen LogP contribution < -0.4 is 20.7 Å². The van der Waals surface area contributed by atoms with Crippen molar-refractivity contribution >= 4 is 31.0 Å². The van der Waals surface area contributed by atoms with E-state index < -0.39 is 0 Å². The van der Waals surface area contributed by atoms with Crippen LogP contribution in [-0.4, -0.2) is 47.6 Å². The molecule has 0 unspecified atom stereocenters. The molecular weight excluding hydrogens is 436 g/mol. The van der Waals surface area contributed by atoms with Crippen molar-refractivity contribution in [1.29, 1.82) is 0 Å². The lowest BCUT2D eigenvalue weighted by molar-refractivity contribution is 0.0962. The number of hydrogen-bond acceptors (Lipinski definition) is 7. The number of nitrogens with zero attached hydrogens (tertiary/aromatic N) is 3. The number of methoxy groups -OCH3 is 1. The van der Waals surface area contributed by atoms with Gasteiger partial charge in [-0.3, -0.25) is 4.79 Å². The first-order valence-electron chi connectivity index (χ1n) is 10.8. The van der Waals surface area contributed by atoms with Gasteiger partial charge in [-0.2, -0.15) is 13.5 Å². The second kappa shape index (κ2) is 11.0. The number of rotatable bonds is 9. The first-order valence-corrected chi connectivity index (χ1v) is 10.8. The van der Waals surface area contributed by atoms with Crippen LogP contribution in [0, 0.1) is 0 Å². The first-order chi connectivity index (χ1) is 15.6. The summed E-state index contributed by atoms with van der Waals surface area (Å²) in [5, 5.41) is 9.40. The van der Waals surface area contributed by atoms with Gasteiger partial charge < -0.3 is 20.7 Å². The number of aromatic nitrogens is 3. The Balaban J connectivity index is 0.00000306. The number of ether oxygens (including phenoxy) is 1. The molecule has 1 aliphatic carbocycles. The zero-order valence-corrected chi connectivity index (χ0v) is 20.1. The van der Waals surface area contributed by atoms with E-state index in [1.807, 2.05) is 36.5 Å². The third-order valence-corrected chi connectivity index (χ3v) is 5.50. The molecule has 4 rings (SSSR count). The zero-order valence-electron chi connectivity index (χ0n) is 19.1. The Labute approximate surface area is 201 Å². The van der Waals surface area contributed by atoms with Crippen LogP contribution in [0.15, 0.2) is 48.9 Å². The minimum atomic E-state index is -0.139. The number of carbonyl (C=O) groups is 1. The Bertz CT molecular complexity index is 1090. The van der Waals surface area contributed by atoms with E-state index in [1.165, 1.54) is 12.8 Å². The summed E-state index contributed by atoms with van der Waals surface area (Å²) >= 11 is 0. The van der Waals surface area contributed by atoms with E-state index in [9.17, 15) is 4.79 Å². The van der Waals surface area contributed by atoms with Gasteiger partial charge in [0.05, 0.1) is 12.8 Å². The smallest absolute Gasteiger partial charge is 0.251 e. The molecule has 9 heteroatoms. The van der Waals surface area contributed by atoms with Crippen LogP contribution in [0.5, 0.6) is 5.75 Å². The molecule has 1 saturated carbocycles. The van der Waals surface area contributed by atoms with Gasteiger partial charge in [-0.05, 0) is 42.7 Å². The van der Waals surface area contributed by atoms with Gasteiger partial charge in [0, 0.05) is 48.9 Å². The van der Waals surface area contributed by atoms with Crippen LogP contribution in [0.3, 0.4) is 0 Å². The summed E-state index contributed by atoms with van der Waals surface area (Å²) in [6, 6.07) is 12.0. The van der Waals surface area contributed by atoms with E-state index in [0.29, 0.717) is 23.9 Å². The van der Waals surface area contributed by atoms with Crippen LogP contribution in [0.4, 0.5) is 11.6 Å². The lowest BCUT2D eigenvalue weighted by Crippen LogP contribution is -2.18. The molecule has 174 valence electrons. The average molecular weight is 467 g/mol. The molecule has 1 amide bonds. The number of pyridine rings is 1. The predicted molar refractivity (Wildman–Crippen MR) is 136 cm³/mol. The molecule has 0 radical (unpaired) electrons. The highest BCUT2D eigenvalue weighted by atomic mass is 32.1. The number of benzene rings is 1. The Hall–Kier alpha value is -3.33. The SMILES string of the molecule is CNC(=O)c1ccc([C@H](C)CNc2cc(-c3ccc(NC4CC4)nc3)ncn2)c(OC)c1.S. The normalized spacial score (nSPS) is 13.4. The van der Waals surface area contributed by atoms with Crippen molar-refractivity contribution in [3.05, 3.63) is 60.0 Å². The Morgan fingerprint density at radius 1 is 1.12 bits per heavy atom. The maximum absolute atomic E-state index is 11.9. The molecule has 0 aliphatic heterocycles. The molecule has 3 aromatic rings. The van der Waals surface area contributed by atoms with E-state index in [-0.39, 0.29) is 25.3 Å². The van der Waals surface area contributed by atoms with Gasteiger partial charge in [-0.1, -0.05) is 13.0 Å². The maximum atomic E-state index is 11.9. The largest absolute Gasteiger partial charge is 0.496 e. The second-order valence-electron chi connectivity index (χ2n) is 7.96. The number of nitrogens with one attached hydrogen (secondary N) is 3. The summed E-state index contributed by atoms with van der Waals surface area (Å²) in [6.07, 6.45) is 5.81. The highest BCUT2D eigenvalue weighted by Gasteiger charge is 2.21. The van der Waals surface area contributed by atoms with Crippen molar-refractivity contribution in [2.45, 2.75) is 31.7 Å². The summed E-state index contributed by atoms with van der Waals surface area (Å²) in [5.74, 6) is 2.32. The lowest BCUT2D eigenvalue weighted by atomic mass is 9.98. The van der Waals surface area contributed by atoms with Gasteiger partial charge in [-0.15, -0.1) is 0 Å². The highest BCUT2D eigenvalue weighted by molar-refractivity contribution is 7.59. The molecule has 3 N–H and O–H groups in total. The molecule has 1 atom stereocenters. The minimum absolute atomic E-state index is 0. The summed E-state index contributed by atoms with van der Waals surface area (Å²) < 4.78 is 5.52. The van der Waals surface area contributed by atoms with Crippen LogP contribution in [0.25, 0.3) is 11.3 Å². The summed E-state index contributed by atoms with van der Waals surface area (Å²) in [4.78, 5) is 25.1. The third-order valence-electron chi connectivity index (χ3n) is 5.50. The van der Waals surface area contributed by atoms with Crippen molar-refractivity contribution in [3.8, 4) is 17.0 Å². The van der Waals surface area contributed by atoms with Gasteiger partial charge >= 0.3 is 0 Å². The number of anilines is 2. The van der Waals surface area contributed by atoms with Crippen LogP contribution in [-0.2, 0) is 0 Å². The molecule has 2 heterocycles. The fourth-order valence-electron chi connectivity index (χ4n) is 3.45. The Kier molecular flexibility index (Phi) is 8.11. The fourth-order valence-corrected chi connectivity index (χ4v) is 3.45. The molecule has 0 saturated heterocycles. The van der Waals surface area contributed by atoms with Gasteiger partial charge in [0.1, 0.15) is 23.7 Å². The Morgan fingerprint density at radius 3 is 2.61 bits per heavy atom. The van der Waals surface area contributed by atoms with E-state index in [4.69, 9.17) is 4.74 Å². The van der Waals surface area contributed by atoms with E-state index >= 15 is 0 Å². The van der Waals surface area contributed by atoms with Gasteiger partial charge in [0.2, 0.25) is 0 Å². The van der Waals surface area contributed by atoms with Gasteiger partial charge in [-0.25, -0.2) is 15.0 Å². The standard InChI is InChI=1S/C24H28N6O2.H2S/c1-15(19-8-4-16(24(31)25-2)10-21(19)32-3)12-26-23-11-20(28-14-29-23)17-5-9-22(27-13-17)30-18-6-7-18;/h4-5,8-11,13-15,18H,6-7,12H2,1-3H3,(H,25,31)(H,27,30)(H,26,28,29);1H2/t15-;/m1./s1. The quantitative estimate of drug-likeness (QED) is 0.441. The van der Waals surface area contributed by atoms with Crippen molar-refractivity contribution in [1.82, 2.24) is 20.3 Å². The van der Waals surface area contributed by atoms with Crippen molar-refractivity contribution in [2.75, 3.05) is 31.3 Å². The van der Waals surface area contributed by atoms with E-state index in [0.717, 1.165) is 28.5 Å². The maximum Gasteiger partial charge on any atom is 0.251 e. The fraction of sp³-hybridized carbons (Fsp3) is 0.333. The molecule has 1 fully saturated rings. The van der Waals surface area contributed by atoms with Crippen LogP contribution >= 0.6 is 13.5 Å². The topological polar surface area (TPSA) is 101 Å². The molecule has 1 aliphatic rings. The number of amides is 1. The van der Waals surface area contributed by atoms with Gasteiger partial charge in [0.15, 0.2) is 0 Å². The third kappa shape index (κ3) is 6.13. The summed E-state index contributed by atoms with van der Waals surface area (Å²) in [6.45, 7) is 2.75. The molecule has 2 aromatic heterocycles. The average Bonchev–Trinajstić information content (AvgIpc) is 3.66. The van der Waals surface area contributed by atoms with Crippen LogP contribution in [0.2, 0.25) is 0 Å². The highest BCUT2D eigenvalue weighted by Crippen LogP contribution is 2.29. The minimum Gasteiger partial charge on any atom is -0.496 e. The van der Waals surface area contributed by atoms with Crippen molar-refractivity contribution in [2.24, 2.45) is 0 Å². The molecule has 8 nitrogen and oxygen atoms in total. The Morgan fingerprint density at radius 2 is 1.94 bits per heavy atom. The van der Waals surface area contributed by atoms with Gasteiger partial charge in [0.25, 0.3) is 5.91 Å². The number of carbonyl (C=O) groups excluding carboxylic acids is 1. The predicted octanol–water partition coefficient (Wildman–Crippen LogP) is 3.81. The number of hydrogen-bond donors (Lipinski definition) is 3. The summed E-state index contributed by atoms with van der Waals surface area (Å²) in [5.41, 5.74) is 3.34. The van der Waals surface area contributed by atoms with E-state index in [2.05, 4.69) is 37.8 Å². The molecule has 33 heavy (non-hydrogen) atoms. The van der Waals surface area contributed by atoms with E-state index in [1.54, 1.807) is 26.6 Å². The molecule has 0 bridgehead atoms. The van der Waals surface area contributed by atoms with Crippen molar-refractivity contribution < 1.29 is 9.53 Å². The zero-order chi connectivity index (χ0) is 22.5. The molecular formula is C24H30N6O2S. The molecule has 1 aromatic carbocycles. The first kappa shape index (κ1) is 24.3. The van der Waals surface area contributed by atoms with Crippen molar-refractivity contribution in [3.63, 3.8) is 0 Å².